The Hall–Kier alpha value is -3.82. The number of carboxylic acid groups (broad SMARTS) is 1. The van der Waals surface area contributed by atoms with Crippen LogP contribution >= 0.6 is 0 Å². The number of rotatable bonds is 7. The summed E-state index contributed by atoms with van der Waals surface area (Å²) in [7, 11) is -3.85. The maximum atomic E-state index is 12.7. The minimum atomic E-state index is -3.85. The highest BCUT2D eigenvalue weighted by atomic mass is 32.2. The van der Waals surface area contributed by atoms with Gasteiger partial charge in [0, 0.05) is 42.4 Å². The van der Waals surface area contributed by atoms with Gasteiger partial charge in [0.2, 0.25) is 0 Å². The first-order chi connectivity index (χ1) is 15.9. The number of benzene rings is 1. The molecule has 4 N–H and O–H groups in total. The van der Waals surface area contributed by atoms with Crippen LogP contribution in [0.4, 0.5) is 9.59 Å². The van der Waals surface area contributed by atoms with Gasteiger partial charge in [-0.05, 0) is 37.1 Å². The van der Waals surface area contributed by atoms with Crippen molar-refractivity contribution in [1.82, 2.24) is 20.3 Å². The third kappa shape index (κ3) is 5.22. The Kier molecular flexibility index (Phi) is 6.99. The van der Waals surface area contributed by atoms with Crippen LogP contribution in [-0.4, -0.2) is 63.8 Å². The van der Waals surface area contributed by atoms with Crippen molar-refractivity contribution < 1.29 is 33.1 Å². The minimum absolute atomic E-state index is 0.00159. The van der Waals surface area contributed by atoms with Gasteiger partial charge >= 0.3 is 12.1 Å². The van der Waals surface area contributed by atoms with Crippen LogP contribution in [0.25, 0.3) is 0 Å². The van der Waals surface area contributed by atoms with E-state index in [1.807, 2.05) is 0 Å². The first-order valence-corrected chi connectivity index (χ1v) is 12.1. The van der Waals surface area contributed by atoms with Crippen LogP contribution in [0.15, 0.2) is 36.5 Å². The van der Waals surface area contributed by atoms with E-state index in [1.165, 1.54) is 21.9 Å². The summed E-state index contributed by atoms with van der Waals surface area (Å²) in [5.74, 6) is 4.92. The molecule has 1 aliphatic rings. The van der Waals surface area contributed by atoms with E-state index in [9.17, 15) is 22.8 Å². The molecular formula is C22H24N4O7S. The fraction of sp³-hybridized carbons (Fsp3) is 0.318. The molecule has 34 heavy (non-hydrogen) atoms. The number of nitrogens with one attached hydrogen (secondary N) is 2. The standard InChI is InChI=1S/C22H24N4O7S/c1-22(19(27)24-31,34(2,32)33)9-10-25-14-18-11-17(13-26(18)21(25)30)8-5-15-3-6-16(7-4-15)12-23-20(28)29/h3-4,6-7,11,13,23,31H,9-10,12,14H2,1-2H3,(H,24,27)(H,28,29). The molecule has 1 unspecified atom stereocenters. The van der Waals surface area contributed by atoms with E-state index in [4.69, 9.17) is 10.3 Å². The molecule has 0 saturated carbocycles. The monoisotopic (exact) mass is 488 g/mol. The average molecular weight is 489 g/mol. The lowest BCUT2D eigenvalue weighted by Crippen LogP contribution is -2.50. The number of amides is 3. The van der Waals surface area contributed by atoms with Crippen molar-refractivity contribution in [2.24, 2.45) is 0 Å². The summed E-state index contributed by atoms with van der Waals surface area (Å²) in [5.41, 5.74) is 4.21. The number of nitrogens with zero attached hydrogens (tertiary/aromatic N) is 2. The maximum absolute atomic E-state index is 12.7. The van der Waals surface area contributed by atoms with Gasteiger partial charge in [-0.15, -0.1) is 0 Å². The number of aromatic nitrogens is 1. The van der Waals surface area contributed by atoms with Crippen LogP contribution in [0.1, 0.15) is 35.7 Å². The van der Waals surface area contributed by atoms with E-state index in [-0.39, 0.29) is 32.1 Å². The van der Waals surface area contributed by atoms with Crippen molar-refractivity contribution in [3.05, 3.63) is 58.9 Å². The van der Waals surface area contributed by atoms with Gasteiger partial charge in [-0.3, -0.25) is 14.6 Å². The molecule has 2 aromatic rings. The zero-order chi connectivity index (χ0) is 25.1. The van der Waals surface area contributed by atoms with E-state index < -0.39 is 26.6 Å². The fourth-order valence-electron chi connectivity index (χ4n) is 3.43. The second-order valence-corrected chi connectivity index (χ2v) is 10.5. The smallest absolute Gasteiger partial charge is 0.404 e. The predicted molar refractivity (Wildman–Crippen MR) is 121 cm³/mol. The lowest BCUT2D eigenvalue weighted by Gasteiger charge is -2.27. The highest BCUT2D eigenvalue weighted by molar-refractivity contribution is 7.92. The van der Waals surface area contributed by atoms with Gasteiger partial charge in [0.05, 0.1) is 6.54 Å². The highest BCUT2D eigenvalue weighted by Crippen LogP contribution is 2.25. The van der Waals surface area contributed by atoms with Crippen LogP contribution in [0, 0.1) is 11.8 Å². The molecule has 0 radical (unpaired) electrons. The van der Waals surface area contributed by atoms with Crippen LogP contribution in [0.5, 0.6) is 0 Å². The van der Waals surface area contributed by atoms with Crippen molar-refractivity contribution >= 4 is 27.9 Å². The largest absolute Gasteiger partial charge is 0.465 e. The zero-order valence-electron chi connectivity index (χ0n) is 18.5. The van der Waals surface area contributed by atoms with Gasteiger partial charge in [-0.25, -0.2) is 23.5 Å². The van der Waals surface area contributed by atoms with Crippen LogP contribution in [-0.2, 0) is 27.7 Å². The van der Waals surface area contributed by atoms with Gasteiger partial charge < -0.3 is 15.3 Å². The third-order valence-electron chi connectivity index (χ3n) is 5.74. The molecule has 3 amide bonds. The summed E-state index contributed by atoms with van der Waals surface area (Å²) in [6.07, 6.45) is 1.22. The Morgan fingerprint density at radius 3 is 2.38 bits per heavy atom. The quantitative estimate of drug-likeness (QED) is 0.258. The molecule has 180 valence electrons. The molecule has 0 spiro atoms. The Morgan fingerprint density at radius 1 is 1.18 bits per heavy atom. The number of carbonyl (C=O) groups excluding carboxylic acids is 2. The molecule has 1 aromatic heterocycles. The summed E-state index contributed by atoms with van der Waals surface area (Å²) in [5, 5.41) is 19.8. The number of fused-ring (bicyclic) bond motifs is 1. The third-order valence-corrected chi connectivity index (χ3v) is 7.76. The van der Waals surface area contributed by atoms with Crippen molar-refractivity contribution in [3.8, 4) is 11.8 Å². The van der Waals surface area contributed by atoms with Gasteiger partial charge in [0.25, 0.3) is 5.91 Å². The lowest BCUT2D eigenvalue weighted by atomic mass is 10.1. The molecule has 3 rings (SSSR count). The van der Waals surface area contributed by atoms with Crippen LogP contribution in [0.2, 0.25) is 0 Å². The van der Waals surface area contributed by atoms with Crippen molar-refractivity contribution in [3.63, 3.8) is 0 Å². The Bertz CT molecular complexity index is 1290. The van der Waals surface area contributed by atoms with E-state index in [0.29, 0.717) is 11.3 Å². The summed E-state index contributed by atoms with van der Waals surface area (Å²) >= 11 is 0. The molecular weight excluding hydrogens is 464 g/mol. The molecule has 11 nitrogen and oxygen atoms in total. The SMILES string of the molecule is CC(CCN1Cc2cc(C#Cc3ccc(CNC(=O)O)cc3)cn2C1=O)(C(=O)NO)S(C)(=O)=O. The number of sulfone groups is 1. The number of hydrogen-bond acceptors (Lipinski definition) is 6. The molecule has 1 aliphatic heterocycles. The zero-order valence-corrected chi connectivity index (χ0v) is 19.3. The Labute approximate surface area is 196 Å². The lowest BCUT2D eigenvalue weighted by molar-refractivity contribution is -0.131. The fourth-order valence-corrected chi connectivity index (χ4v) is 4.27. The van der Waals surface area contributed by atoms with E-state index in [0.717, 1.165) is 17.4 Å². The second kappa shape index (κ2) is 9.58. The topological polar surface area (TPSA) is 158 Å². The molecule has 0 bridgehead atoms. The van der Waals surface area contributed by atoms with Crippen LogP contribution < -0.4 is 10.8 Å². The predicted octanol–water partition coefficient (Wildman–Crippen LogP) is 1.14. The minimum Gasteiger partial charge on any atom is -0.465 e. The van der Waals surface area contributed by atoms with Gasteiger partial charge in [-0.2, -0.15) is 0 Å². The molecule has 12 heteroatoms. The first-order valence-electron chi connectivity index (χ1n) is 10.2. The molecule has 0 saturated heterocycles. The normalized spacial score (nSPS) is 14.6. The summed E-state index contributed by atoms with van der Waals surface area (Å²) in [6.45, 7) is 1.63. The maximum Gasteiger partial charge on any atom is 0.404 e. The summed E-state index contributed by atoms with van der Waals surface area (Å²) in [4.78, 5) is 36.7. The molecule has 1 aromatic carbocycles. The average Bonchev–Trinajstić information content (AvgIpc) is 3.32. The highest BCUT2D eigenvalue weighted by Gasteiger charge is 2.44. The molecule has 1 atom stereocenters. The van der Waals surface area contributed by atoms with Gasteiger partial charge in [0.15, 0.2) is 14.6 Å². The summed E-state index contributed by atoms with van der Waals surface area (Å²) < 4.78 is 23.7. The van der Waals surface area contributed by atoms with Gasteiger partial charge in [-0.1, -0.05) is 24.0 Å². The first kappa shape index (κ1) is 24.8. The molecule has 0 aliphatic carbocycles. The Balaban J connectivity index is 1.65. The molecule has 2 heterocycles. The van der Waals surface area contributed by atoms with Crippen LogP contribution in [0.3, 0.4) is 0 Å². The van der Waals surface area contributed by atoms with Crippen molar-refractivity contribution in [2.75, 3.05) is 12.8 Å². The van der Waals surface area contributed by atoms with E-state index in [2.05, 4.69) is 17.2 Å². The van der Waals surface area contributed by atoms with Gasteiger partial charge in [0.1, 0.15) is 0 Å². The van der Waals surface area contributed by atoms with Crippen molar-refractivity contribution in [2.45, 2.75) is 31.2 Å². The molecule has 0 fully saturated rings. The number of carbonyl (C=O) groups is 3. The second-order valence-electron chi connectivity index (χ2n) is 8.09. The van der Waals surface area contributed by atoms with Crippen molar-refractivity contribution in [1.29, 1.82) is 0 Å². The number of hydrogen-bond donors (Lipinski definition) is 4. The van der Waals surface area contributed by atoms with E-state index in [1.54, 1.807) is 36.5 Å². The number of hydroxylamine groups is 1. The Morgan fingerprint density at radius 2 is 1.82 bits per heavy atom. The summed E-state index contributed by atoms with van der Waals surface area (Å²) in [6, 6.07) is 8.46. The van der Waals surface area contributed by atoms with E-state index >= 15 is 0 Å².